The molecule has 2 rings (SSSR count). The summed E-state index contributed by atoms with van der Waals surface area (Å²) < 4.78 is 17.5. The zero-order chi connectivity index (χ0) is 13.1. The van der Waals surface area contributed by atoms with Gasteiger partial charge in [-0.25, -0.2) is 4.39 Å². The Morgan fingerprint density at radius 3 is 2.83 bits per heavy atom. The molecule has 0 spiro atoms. The van der Waals surface area contributed by atoms with Crippen molar-refractivity contribution in [2.75, 3.05) is 5.32 Å². The van der Waals surface area contributed by atoms with E-state index < -0.39 is 22.3 Å². The summed E-state index contributed by atoms with van der Waals surface area (Å²) in [7, 11) is 0. The van der Waals surface area contributed by atoms with Crippen molar-refractivity contribution in [3.05, 3.63) is 52.0 Å². The third-order valence-electron chi connectivity index (χ3n) is 2.08. The summed E-state index contributed by atoms with van der Waals surface area (Å²) in [4.78, 5) is 21.7. The fourth-order valence-corrected chi connectivity index (χ4v) is 1.31. The van der Waals surface area contributed by atoms with E-state index in [1.165, 1.54) is 12.3 Å². The summed E-state index contributed by atoms with van der Waals surface area (Å²) in [6.07, 6.45) is 1.22. The monoisotopic (exact) mass is 251 g/mol. The second kappa shape index (κ2) is 4.62. The topological polar surface area (TPSA) is 98.3 Å². The number of rotatable bonds is 3. The first-order valence-corrected chi connectivity index (χ1v) is 4.73. The van der Waals surface area contributed by atoms with E-state index in [-0.39, 0.29) is 11.4 Å². The summed E-state index contributed by atoms with van der Waals surface area (Å²) >= 11 is 0. The summed E-state index contributed by atoms with van der Waals surface area (Å²) in [5.41, 5.74) is -0.875. The molecule has 0 saturated carbocycles. The average molecular weight is 251 g/mol. The Balaban J connectivity index is 2.34. The van der Waals surface area contributed by atoms with Crippen molar-refractivity contribution < 1.29 is 18.6 Å². The van der Waals surface area contributed by atoms with Crippen molar-refractivity contribution in [3.63, 3.8) is 0 Å². The highest BCUT2D eigenvalue weighted by Gasteiger charge is 2.21. The molecule has 0 aliphatic heterocycles. The minimum Gasteiger partial charge on any atom is -0.363 e. The molecule has 0 saturated heterocycles. The Kier molecular flexibility index (Phi) is 3.00. The van der Waals surface area contributed by atoms with E-state index >= 15 is 0 Å². The average Bonchev–Trinajstić information content (AvgIpc) is 2.81. The van der Waals surface area contributed by atoms with Crippen LogP contribution < -0.4 is 5.32 Å². The number of aromatic nitrogens is 1. The molecule has 0 unspecified atom stereocenters. The maximum atomic E-state index is 13.0. The fourth-order valence-electron chi connectivity index (χ4n) is 1.31. The normalized spacial score (nSPS) is 10.1. The predicted molar refractivity (Wildman–Crippen MR) is 57.5 cm³/mol. The molecule has 1 aromatic heterocycles. The first-order chi connectivity index (χ1) is 8.58. The highest BCUT2D eigenvalue weighted by atomic mass is 19.1. The lowest BCUT2D eigenvalue weighted by Gasteiger charge is -2.02. The molecule has 0 fully saturated rings. The van der Waals surface area contributed by atoms with Crippen molar-refractivity contribution in [2.24, 2.45) is 0 Å². The van der Waals surface area contributed by atoms with Gasteiger partial charge in [0.15, 0.2) is 5.82 Å². The van der Waals surface area contributed by atoms with Crippen LogP contribution in [0, 0.1) is 15.9 Å². The van der Waals surface area contributed by atoms with E-state index in [4.69, 9.17) is 0 Å². The van der Waals surface area contributed by atoms with Crippen LogP contribution in [-0.4, -0.2) is 16.0 Å². The lowest BCUT2D eigenvalue weighted by Crippen LogP contribution is -2.14. The molecule has 1 heterocycles. The van der Waals surface area contributed by atoms with Crippen LogP contribution >= 0.6 is 0 Å². The Labute approximate surface area is 99.3 Å². The van der Waals surface area contributed by atoms with Gasteiger partial charge in [-0.1, -0.05) is 5.16 Å². The number of carbonyl (C=O) groups is 1. The number of nitro benzene ring substituents is 1. The van der Waals surface area contributed by atoms with Gasteiger partial charge >= 0.3 is 0 Å². The van der Waals surface area contributed by atoms with Crippen LogP contribution in [-0.2, 0) is 0 Å². The summed E-state index contributed by atoms with van der Waals surface area (Å²) in [5, 5.41) is 16.4. The van der Waals surface area contributed by atoms with Gasteiger partial charge in [-0.3, -0.25) is 14.9 Å². The molecule has 0 atom stereocenters. The smallest absolute Gasteiger partial charge is 0.282 e. The van der Waals surface area contributed by atoms with Gasteiger partial charge in [0.25, 0.3) is 11.6 Å². The minimum absolute atomic E-state index is 0.0820. The van der Waals surface area contributed by atoms with E-state index in [2.05, 4.69) is 15.0 Å². The Morgan fingerprint density at radius 1 is 1.44 bits per heavy atom. The number of carbonyl (C=O) groups excluding carboxylic acids is 1. The second-order valence-corrected chi connectivity index (χ2v) is 3.26. The first kappa shape index (κ1) is 11.7. The molecule has 7 nitrogen and oxygen atoms in total. The number of anilines is 1. The van der Waals surface area contributed by atoms with Crippen LogP contribution in [0.25, 0.3) is 0 Å². The van der Waals surface area contributed by atoms with Crippen LogP contribution in [0.4, 0.5) is 15.9 Å². The number of amides is 1. The maximum Gasteiger partial charge on any atom is 0.282 e. The van der Waals surface area contributed by atoms with E-state index in [0.717, 1.165) is 18.2 Å². The number of nitrogens with one attached hydrogen (secondary N) is 1. The van der Waals surface area contributed by atoms with Gasteiger partial charge in [-0.05, 0) is 12.1 Å². The Morgan fingerprint density at radius 2 is 2.22 bits per heavy atom. The van der Waals surface area contributed by atoms with Crippen molar-refractivity contribution in [1.82, 2.24) is 5.16 Å². The number of nitrogens with zero attached hydrogens (tertiary/aromatic N) is 2. The van der Waals surface area contributed by atoms with Crippen LogP contribution in [0.2, 0.25) is 0 Å². The zero-order valence-electron chi connectivity index (χ0n) is 8.79. The standard InChI is InChI=1S/C10H6FN3O4/c11-6-1-2-8(14(16)17)7(5-6)10(15)12-9-3-4-18-13-9/h1-5H,(H,12,13,15). The highest BCUT2D eigenvalue weighted by molar-refractivity contribution is 6.06. The molecule has 0 aliphatic carbocycles. The molecule has 1 aromatic carbocycles. The van der Waals surface area contributed by atoms with Crippen LogP contribution in [0.5, 0.6) is 0 Å². The SMILES string of the molecule is O=C(Nc1ccon1)c1cc(F)ccc1[N+](=O)[O-]. The van der Waals surface area contributed by atoms with Crippen molar-refractivity contribution in [1.29, 1.82) is 0 Å². The quantitative estimate of drug-likeness (QED) is 0.664. The summed E-state index contributed by atoms with van der Waals surface area (Å²) in [6.45, 7) is 0. The summed E-state index contributed by atoms with van der Waals surface area (Å²) in [6, 6.07) is 3.97. The van der Waals surface area contributed by atoms with Gasteiger partial charge < -0.3 is 9.84 Å². The maximum absolute atomic E-state index is 13.0. The number of hydrogen-bond acceptors (Lipinski definition) is 5. The molecule has 0 bridgehead atoms. The van der Waals surface area contributed by atoms with Crippen molar-refractivity contribution in [2.45, 2.75) is 0 Å². The second-order valence-electron chi connectivity index (χ2n) is 3.26. The molecule has 1 N–H and O–H groups in total. The Bertz CT molecular complexity index is 597. The van der Waals surface area contributed by atoms with Crippen LogP contribution in [0.1, 0.15) is 10.4 Å². The van der Waals surface area contributed by atoms with Gasteiger partial charge in [0.05, 0.1) is 4.92 Å². The van der Waals surface area contributed by atoms with E-state index in [9.17, 15) is 19.3 Å². The lowest BCUT2D eigenvalue weighted by atomic mass is 10.1. The van der Waals surface area contributed by atoms with Crippen LogP contribution in [0.3, 0.4) is 0 Å². The van der Waals surface area contributed by atoms with E-state index in [1.54, 1.807) is 0 Å². The van der Waals surface area contributed by atoms with E-state index in [0.29, 0.717) is 0 Å². The lowest BCUT2D eigenvalue weighted by molar-refractivity contribution is -0.385. The Hall–Kier alpha value is -2.77. The van der Waals surface area contributed by atoms with Gasteiger partial charge in [0.1, 0.15) is 17.6 Å². The number of hydrogen-bond donors (Lipinski definition) is 1. The molecule has 8 heteroatoms. The van der Waals surface area contributed by atoms with Crippen molar-refractivity contribution in [3.8, 4) is 0 Å². The third kappa shape index (κ3) is 2.32. The fraction of sp³-hybridized carbons (Fsp3) is 0. The zero-order valence-corrected chi connectivity index (χ0v) is 8.79. The van der Waals surface area contributed by atoms with Gasteiger partial charge in [0, 0.05) is 12.1 Å². The molecular weight excluding hydrogens is 245 g/mol. The van der Waals surface area contributed by atoms with Crippen molar-refractivity contribution >= 4 is 17.4 Å². The first-order valence-electron chi connectivity index (χ1n) is 4.73. The molecule has 0 radical (unpaired) electrons. The highest BCUT2D eigenvalue weighted by Crippen LogP contribution is 2.20. The molecule has 1 amide bonds. The molecule has 18 heavy (non-hydrogen) atoms. The van der Waals surface area contributed by atoms with Gasteiger partial charge in [-0.2, -0.15) is 0 Å². The number of nitro groups is 1. The molecular formula is C10H6FN3O4. The van der Waals surface area contributed by atoms with E-state index in [1.807, 2.05) is 0 Å². The molecule has 2 aromatic rings. The minimum atomic E-state index is -0.838. The third-order valence-corrected chi connectivity index (χ3v) is 2.08. The number of benzene rings is 1. The molecule has 0 aliphatic rings. The summed E-state index contributed by atoms with van der Waals surface area (Å²) in [5.74, 6) is -1.50. The van der Waals surface area contributed by atoms with Gasteiger partial charge in [0.2, 0.25) is 0 Å². The molecule has 92 valence electrons. The number of halogens is 1. The predicted octanol–water partition coefficient (Wildman–Crippen LogP) is 1.97. The van der Waals surface area contributed by atoms with Gasteiger partial charge in [-0.15, -0.1) is 0 Å². The largest absolute Gasteiger partial charge is 0.363 e. The van der Waals surface area contributed by atoms with Crippen LogP contribution in [0.15, 0.2) is 35.1 Å².